The van der Waals surface area contributed by atoms with Crippen LogP contribution in [0.4, 0.5) is 0 Å². The van der Waals surface area contributed by atoms with Crippen LogP contribution in [0.1, 0.15) is 37.0 Å². The Morgan fingerprint density at radius 3 is 2.43 bits per heavy atom. The van der Waals surface area contributed by atoms with E-state index in [4.69, 9.17) is 4.74 Å². The Morgan fingerprint density at radius 2 is 1.86 bits per heavy atom. The molecule has 114 valence electrons. The number of piperidine rings is 1. The van der Waals surface area contributed by atoms with Gasteiger partial charge in [0.25, 0.3) is 5.91 Å². The molecule has 1 unspecified atom stereocenters. The molecule has 1 atom stereocenters. The standard InChI is InChI=1S/C17H23NO3/c1-3-21-17(20)13(2)14-9-11-18(12-10-14)16(19)15-7-5-4-6-8-15/h4-8,13-14H,3,9-12H2,1-2H3. The first-order valence-electron chi connectivity index (χ1n) is 7.64. The third-order valence-electron chi connectivity index (χ3n) is 4.21. The smallest absolute Gasteiger partial charge is 0.308 e. The molecular weight excluding hydrogens is 266 g/mol. The third-order valence-corrected chi connectivity index (χ3v) is 4.21. The van der Waals surface area contributed by atoms with Gasteiger partial charge in [-0.2, -0.15) is 0 Å². The average molecular weight is 289 g/mol. The lowest BCUT2D eigenvalue weighted by atomic mass is 9.85. The van der Waals surface area contributed by atoms with Gasteiger partial charge in [0.15, 0.2) is 0 Å². The maximum atomic E-state index is 12.3. The average Bonchev–Trinajstić information content (AvgIpc) is 2.54. The molecule has 0 N–H and O–H groups in total. The molecule has 2 rings (SSSR count). The van der Waals surface area contributed by atoms with Gasteiger partial charge in [-0.25, -0.2) is 0 Å². The van der Waals surface area contributed by atoms with Crippen LogP contribution in [0.5, 0.6) is 0 Å². The summed E-state index contributed by atoms with van der Waals surface area (Å²) in [5.41, 5.74) is 0.731. The Bertz CT molecular complexity index is 478. The van der Waals surface area contributed by atoms with Crippen molar-refractivity contribution < 1.29 is 14.3 Å². The maximum Gasteiger partial charge on any atom is 0.308 e. The molecule has 4 heteroatoms. The predicted octanol–water partition coefficient (Wildman–Crippen LogP) is 2.74. The second-order valence-corrected chi connectivity index (χ2v) is 5.54. The van der Waals surface area contributed by atoms with Crippen LogP contribution in [0.2, 0.25) is 0 Å². The van der Waals surface area contributed by atoms with E-state index in [1.807, 2.05) is 49.1 Å². The van der Waals surface area contributed by atoms with Gasteiger partial charge < -0.3 is 9.64 Å². The number of hydrogen-bond donors (Lipinski definition) is 0. The largest absolute Gasteiger partial charge is 0.466 e. The molecule has 4 nitrogen and oxygen atoms in total. The Balaban J connectivity index is 1.88. The van der Waals surface area contributed by atoms with E-state index >= 15 is 0 Å². The van der Waals surface area contributed by atoms with Gasteiger partial charge in [0, 0.05) is 18.7 Å². The number of ether oxygens (including phenoxy) is 1. The highest BCUT2D eigenvalue weighted by Gasteiger charge is 2.30. The Hall–Kier alpha value is -1.84. The van der Waals surface area contributed by atoms with Crippen molar-refractivity contribution in [3.63, 3.8) is 0 Å². The quantitative estimate of drug-likeness (QED) is 0.801. The SMILES string of the molecule is CCOC(=O)C(C)C1CCN(C(=O)c2ccccc2)CC1. The summed E-state index contributed by atoms with van der Waals surface area (Å²) in [5, 5.41) is 0. The third kappa shape index (κ3) is 3.84. The first-order valence-corrected chi connectivity index (χ1v) is 7.64. The second kappa shape index (κ2) is 7.25. The number of nitrogens with zero attached hydrogens (tertiary/aromatic N) is 1. The van der Waals surface area contributed by atoms with E-state index in [2.05, 4.69) is 0 Å². The van der Waals surface area contributed by atoms with Crippen LogP contribution in [0.15, 0.2) is 30.3 Å². The fourth-order valence-electron chi connectivity index (χ4n) is 2.83. The summed E-state index contributed by atoms with van der Waals surface area (Å²) in [6.45, 7) is 5.60. The van der Waals surface area contributed by atoms with Gasteiger partial charge in [0.2, 0.25) is 0 Å². The number of rotatable bonds is 4. The van der Waals surface area contributed by atoms with E-state index in [0.717, 1.165) is 18.4 Å². The molecule has 1 aromatic carbocycles. The predicted molar refractivity (Wildman–Crippen MR) is 80.9 cm³/mol. The summed E-state index contributed by atoms with van der Waals surface area (Å²) in [4.78, 5) is 26.0. The first-order chi connectivity index (χ1) is 10.1. The number of carbonyl (C=O) groups is 2. The van der Waals surface area contributed by atoms with Gasteiger partial charge in [0.05, 0.1) is 12.5 Å². The number of hydrogen-bond acceptors (Lipinski definition) is 3. The minimum atomic E-state index is -0.120. The van der Waals surface area contributed by atoms with Crippen LogP contribution < -0.4 is 0 Å². The van der Waals surface area contributed by atoms with E-state index in [1.54, 1.807) is 0 Å². The molecule has 0 aliphatic carbocycles. The summed E-state index contributed by atoms with van der Waals surface area (Å²) < 4.78 is 5.08. The van der Waals surface area contributed by atoms with E-state index < -0.39 is 0 Å². The van der Waals surface area contributed by atoms with Crippen molar-refractivity contribution in [3.05, 3.63) is 35.9 Å². The van der Waals surface area contributed by atoms with Crippen molar-refractivity contribution in [1.82, 2.24) is 4.90 Å². The van der Waals surface area contributed by atoms with E-state index in [9.17, 15) is 9.59 Å². The molecule has 1 saturated heterocycles. The Labute approximate surface area is 126 Å². The van der Waals surface area contributed by atoms with Gasteiger partial charge >= 0.3 is 5.97 Å². The van der Waals surface area contributed by atoms with Gasteiger partial charge in [-0.15, -0.1) is 0 Å². The van der Waals surface area contributed by atoms with Crippen LogP contribution in [0.25, 0.3) is 0 Å². The number of carbonyl (C=O) groups excluding carboxylic acids is 2. The Kier molecular flexibility index (Phi) is 5.37. The molecule has 1 heterocycles. The fraction of sp³-hybridized carbons (Fsp3) is 0.529. The van der Waals surface area contributed by atoms with Crippen LogP contribution in [-0.2, 0) is 9.53 Å². The molecule has 1 aromatic rings. The fourth-order valence-corrected chi connectivity index (χ4v) is 2.83. The lowest BCUT2D eigenvalue weighted by Crippen LogP contribution is -2.41. The molecule has 1 aliphatic heterocycles. The monoisotopic (exact) mass is 289 g/mol. The minimum Gasteiger partial charge on any atom is -0.466 e. The lowest BCUT2D eigenvalue weighted by molar-refractivity contribution is -0.149. The highest BCUT2D eigenvalue weighted by Crippen LogP contribution is 2.26. The van der Waals surface area contributed by atoms with Gasteiger partial charge in [-0.05, 0) is 37.8 Å². The van der Waals surface area contributed by atoms with Crippen LogP contribution in [-0.4, -0.2) is 36.5 Å². The lowest BCUT2D eigenvalue weighted by Gasteiger charge is -2.34. The number of likely N-dealkylation sites (tertiary alicyclic amines) is 1. The summed E-state index contributed by atoms with van der Waals surface area (Å²) >= 11 is 0. The number of amides is 1. The van der Waals surface area contributed by atoms with Gasteiger partial charge in [-0.1, -0.05) is 25.1 Å². The zero-order valence-corrected chi connectivity index (χ0v) is 12.7. The normalized spacial score (nSPS) is 17.3. The topological polar surface area (TPSA) is 46.6 Å². The molecule has 21 heavy (non-hydrogen) atoms. The Morgan fingerprint density at radius 1 is 1.24 bits per heavy atom. The van der Waals surface area contributed by atoms with E-state index in [-0.39, 0.29) is 17.8 Å². The molecule has 0 spiro atoms. The van der Waals surface area contributed by atoms with Crippen molar-refractivity contribution in [3.8, 4) is 0 Å². The maximum absolute atomic E-state index is 12.3. The molecule has 1 aliphatic rings. The molecule has 0 saturated carbocycles. The van der Waals surface area contributed by atoms with E-state index in [0.29, 0.717) is 25.6 Å². The van der Waals surface area contributed by atoms with Crippen molar-refractivity contribution in [2.45, 2.75) is 26.7 Å². The summed E-state index contributed by atoms with van der Waals surface area (Å²) in [7, 11) is 0. The molecule has 1 amide bonds. The molecular formula is C17H23NO3. The molecule has 0 aromatic heterocycles. The van der Waals surface area contributed by atoms with Gasteiger partial charge in [0.1, 0.15) is 0 Å². The second-order valence-electron chi connectivity index (χ2n) is 5.54. The molecule has 1 fully saturated rings. The minimum absolute atomic E-state index is 0.0813. The van der Waals surface area contributed by atoms with Crippen molar-refractivity contribution in [2.75, 3.05) is 19.7 Å². The van der Waals surface area contributed by atoms with Crippen LogP contribution in [0, 0.1) is 11.8 Å². The highest BCUT2D eigenvalue weighted by atomic mass is 16.5. The number of benzene rings is 1. The zero-order valence-electron chi connectivity index (χ0n) is 12.7. The molecule has 0 bridgehead atoms. The summed E-state index contributed by atoms with van der Waals surface area (Å²) in [5.74, 6) is 0.186. The van der Waals surface area contributed by atoms with E-state index in [1.165, 1.54) is 0 Å². The molecule has 0 radical (unpaired) electrons. The first kappa shape index (κ1) is 15.5. The van der Waals surface area contributed by atoms with Crippen molar-refractivity contribution >= 4 is 11.9 Å². The zero-order chi connectivity index (χ0) is 15.2. The summed E-state index contributed by atoms with van der Waals surface area (Å²) in [6.07, 6.45) is 1.72. The van der Waals surface area contributed by atoms with Gasteiger partial charge in [-0.3, -0.25) is 9.59 Å². The summed E-state index contributed by atoms with van der Waals surface area (Å²) in [6, 6.07) is 9.35. The highest BCUT2D eigenvalue weighted by molar-refractivity contribution is 5.94. The number of esters is 1. The van der Waals surface area contributed by atoms with Crippen molar-refractivity contribution in [2.24, 2.45) is 11.8 Å². The van der Waals surface area contributed by atoms with Crippen LogP contribution in [0.3, 0.4) is 0 Å². The van der Waals surface area contributed by atoms with Crippen molar-refractivity contribution in [1.29, 1.82) is 0 Å². The van der Waals surface area contributed by atoms with Crippen LogP contribution >= 0.6 is 0 Å².